The number of benzene rings is 2. The second kappa shape index (κ2) is 8.51. The molecule has 0 unspecified atom stereocenters. The normalized spacial score (nSPS) is 10.9. The van der Waals surface area contributed by atoms with Gasteiger partial charge in [-0.1, -0.05) is 24.3 Å². The number of carbonyl (C=O) groups is 1. The number of aromatic amines is 1. The Morgan fingerprint density at radius 1 is 1.14 bits per heavy atom. The van der Waals surface area contributed by atoms with Gasteiger partial charge >= 0.3 is 6.61 Å². The predicted octanol–water partition coefficient (Wildman–Crippen LogP) is 3.11. The van der Waals surface area contributed by atoms with Gasteiger partial charge in [0.25, 0.3) is 11.5 Å². The number of alkyl halides is 2. The average molecular weight is 388 g/mol. The highest BCUT2D eigenvalue weighted by Gasteiger charge is 2.13. The van der Waals surface area contributed by atoms with Crippen LogP contribution in [0, 0.1) is 0 Å². The molecule has 146 valence electrons. The molecule has 0 fully saturated rings. The molecule has 0 aliphatic heterocycles. The molecule has 6 nitrogen and oxygen atoms in total. The van der Waals surface area contributed by atoms with Crippen LogP contribution in [0.15, 0.2) is 53.5 Å². The van der Waals surface area contributed by atoms with Gasteiger partial charge in [-0.25, -0.2) is 0 Å². The van der Waals surface area contributed by atoms with Gasteiger partial charge in [0.05, 0.1) is 12.7 Å². The molecule has 0 aliphatic rings. The standard InChI is InChI=1S/C20H18F2N2O4/c1-27-16-7-6-12(10-17(16)28-20(21)22)8-9-23-19(26)15-11-24-18(25)14-5-3-2-4-13(14)15/h2-7,10-11,20H,8-9H2,1H3,(H,23,26)(H,24,25). The molecule has 3 rings (SSSR count). The zero-order chi connectivity index (χ0) is 20.1. The fourth-order valence-corrected chi connectivity index (χ4v) is 2.88. The Balaban J connectivity index is 1.70. The van der Waals surface area contributed by atoms with Crippen LogP contribution in [-0.2, 0) is 6.42 Å². The number of methoxy groups -OCH3 is 1. The van der Waals surface area contributed by atoms with Gasteiger partial charge in [0.2, 0.25) is 0 Å². The fourth-order valence-electron chi connectivity index (χ4n) is 2.88. The second-order valence-corrected chi connectivity index (χ2v) is 5.95. The summed E-state index contributed by atoms with van der Waals surface area (Å²) in [5, 5.41) is 3.75. The Morgan fingerprint density at radius 2 is 1.89 bits per heavy atom. The van der Waals surface area contributed by atoms with Crippen molar-refractivity contribution in [2.75, 3.05) is 13.7 Å². The summed E-state index contributed by atoms with van der Waals surface area (Å²) in [6, 6.07) is 11.5. The van der Waals surface area contributed by atoms with Gasteiger partial charge in [-0.05, 0) is 30.2 Å². The third-order valence-corrected chi connectivity index (χ3v) is 4.20. The molecule has 0 spiro atoms. The summed E-state index contributed by atoms with van der Waals surface area (Å²) >= 11 is 0. The van der Waals surface area contributed by atoms with E-state index in [1.807, 2.05) is 0 Å². The van der Waals surface area contributed by atoms with Gasteiger partial charge < -0.3 is 19.8 Å². The van der Waals surface area contributed by atoms with Gasteiger partial charge in [0.1, 0.15) is 0 Å². The van der Waals surface area contributed by atoms with Gasteiger partial charge in [-0.15, -0.1) is 0 Å². The molecule has 0 saturated carbocycles. The van der Waals surface area contributed by atoms with E-state index in [9.17, 15) is 18.4 Å². The molecule has 3 aromatic rings. The van der Waals surface area contributed by atoms with Crippen molar-refractivity contribution in [3.63, 3.8) is 0 Å². The number of hydrogen-bond acceptors (Lipinski definition) is 4. The van der Waals surface area contributed by atoms with E-state index in [0.29, 0.717) is 28.3 Å². The largest absolute Gasteiger partial charge is 0.493 e. The summed E-state index contributed by atoms with van der Waals surface area (Å²) in [7, 11) is 1.36. The first-order valence-corrected chi connectivity index (χ1v) is 8.50. The number of carbonyl (C=O) groups excluding carboxylic acids is 1. The zero-order valence-electron chi connectivity index (χ0n) is 15.0. The average Bonchev–Trinajstić information content (AvgIpc) is 2.68. The molecule has 0 aliphatic carbocycles. The minimum Gasteiger partial charge on any atom is -0.493 e. The molecular weight excluding hydrogens is 370 g/mol. The second-order valence-electron chi connectivity index (χ2n) is 5.95. The van der Waals surface area contributed by atoms with E-state index in [-0.39, 0.29) is 29.5 Å². The monoisotopic (exact) mass is 388 g/mol. The molecular formula is C20H18F2N2O4. The van der Waals surface area contributed by atoms with Crippen molar-refractivity contribution in [1.82, 2.24) is 10.3 Å². The van der Waals surface area contributed by atoms with Gasteiger partial charge in [-0.2, -0.15) is 8.78 Å². The molecule has 0 radical (unpaired) electrons. The summed E-state index contributed by atoms with van der Waals surface area (Å²) < 4.78 is 34.5. The highest BCUT2D eigenvalue weighted by molar-refractivity contribution is 6.06. The van der Waals surface area contributed by atoms with Crippen molar-refractivity contribution >= 4 is 16.7 Å². The topological polar surface area (TPSA) is 80.4 Å². The number of amides is 1. The number of H-pyrrole nitrogens is 1. The summed E-state index contributed by atoms with van der Waals surface area (Å²) in [6.07, 6.45) is 1.78. The third kappa shape index (κ3) is 4.28. The molecule has 1 aromatic heterocycles. The van der Waals surface area contributed by atoms with Crippen LogP contribution in [0.5, 0.6) is 11.5 Å². The lowest BCUT2D eigenvalue weighted by molar-refractivity contribution is -0.0512. The lowest BCUT2D eigenvalue weighted by Crippen LogP contribution is -2.27. The van der Waals surface area contributed by atoms with Gasteiger partial charge in [0, 0.05) is 23.5 Å². The lowest BCUT2D eigenvalue weighted by Gasteiger charge is -2.12. The molecule has 0 atom stereocenters. The van der Waals surface area contributed by atoms with Crippen LogP contribution >= 0.6 is 0 Å². The van der Waals surface area contributed by atoms with Crippen LogP contribution in [0.1, 0.15) is 15.9 Å². The lowest BCUT2D eigenvalue weighted by atomic mass is 10.1. The maximum Gasteiger partial charge on any atom is 0.387 e. The van der Waals surface area contributed by atoms with Crippen LogP contribution in [0.3, 0.4) is 0 Å². The van der Waals surface area contributed by atoms with Crippen LogP contribution in [0.4, 0.5) is 8.78 Å². The smallest absolute Gasteiger partial charge is 0.387 e. The Morgan fingerprint density at radius 3 is 2.61 bits per heavy atom. The minimum absolute atomic E-state index is 0.0621. The van der Waals surface area contributed by atoms with E-state index >= 15 is 0 Å². The molecule has 8 heteroatoms. The number of nitrogens with one attached hydrogen (secondary N) is 2. The number of pyridine rings is 1. The van der Waals surface area contributed by atoms with Gasteiger partial charge in [0.15, 0.2) is 11.5 Å². The summed E-state index contributed by atoms with van der Waals surface area (Å²) in [5.41, 5.74) is 0.784. The first-order chi connectivity index (χ1) is 13.5. The first kappa shape index (κ1) is 19.3. The number of halogens is 2. The maximum absolute atomic E-state index is 12.5. The molecule has 28 heavy (non-hydrogen) atoms. The van der Waals surface area contributed by atoms with Crippen molar-refractivity contribution in [2.24, 2.45) is 0 Å². The molecule has 0 bridgehead atoms. The number of aromatic nitrogens is 1. The van der Waals surface area contributed by atoms with Crippen molar-refractivity contribution in [3.8, 4) is 11.5 Å². The van der Waals surface area contributed by atoms with E-state index in [1.165, 1.54) is 25.4 Å². The quantitative estimate of drug-likeness (QED) is 0.652. The summed E-state index contributed by atoms with van der Waals surface area (Å²) in [5.74, 6) is -0.203. The van der Waals surface area contributed by atoms with E-state index in [4.69, 9.17) is 4.74 Å². The minimum atomic E-state index is -2.96. The SMILES string of the molecule is COc1ccc(CCNC(=O)c2c[nH]c(=O)c3ccccc23)cc1OC(F)F. The zero-order valence-corrected chi connectivity index (χ0v) is 15.0. The van der Waals surface area contributed by atoms with Crippen LogP contribution in [-0.4, -0.2) is 31.2 Å². The predicted molar refractivity (Wildman–Crippen MR) is 100 cm³/mol. The molecule has 1 heterocycles. The Labute approximate surface area is 159 Å². The maximum atomic E-state index is 12.5. The summed E-state index contributed by atoms with van der Waals surface area (Å²) in [4.78, 5) is 26.9. The fraction of sp³-hybridized carbons (Fsp3) is 0.200. The number of ether oxygens (including phenoxy) is 2. The van der Waals surface area contributed by atoms with Crippen molar-refractivity contribution in [1.29, 1.82) is 0 Å². The molecule has 1 amide bonds. The number of hydrogen-bond donors (Lipinski definition) is 2. The van der Waals surface area contributed by atoms with Crippen LogP contribution in [0.25, 0.3) is 10.8 Å². The van der Waals surface area contributed by atoms with Crippen molar-refractivity contribution < 1.29 is 23.0 Å². The van der Waals surface area contributed by atoms with E-state index in [1.54, 1.807) is 30.3 Å². The Kier molecular flexibility index (Phi) is 5.88. The van der Waals surface area contributed by atoms with E-state index < -0.39 is 6.61 Å². The third-order valence-electron chi connectivity index (χ3n) is 4.20. The summed E-state index contributed by atoms with van der Waals surface area (Å²) in [6.45, 7) is -2.69. The molecule has 2 aromatic carbocycles. The van der Waals surface area contributed by atoms with Crippen LogP contribution in [0.2, 0.25) is 0 Å². The first-order valence-electron chi connectivity index (χ1n) is 8.50. The highest BCUT2D eigenvalue weighted by atomic mass is 19.3. The molecule has 0 saturated heterocycles. The Bertz CT molecular complexity index is 1050. The van der Waals surface area contributed by atoms with Crippen molar-refractivity contribution in [3.05, 3.63) is 70.1 Å². The Hall–Kier alpha value is -3.42. The van der Waals surface area contributed by atoms with Crippen molar-refractivity contribution in [2.45, 2.75) is 13.0 Å². The number of rotatable bonds is 7. The van der Waals surface area contributed by atoms with Crippen LogP contribution < -0.4 is 20.3 Å². The van der Waals surface area contributed by atoms with E-state index in [0.717, 1.165) is 0 Å². The number of fused-ring (bicyclic) bond motifs is 1. The molecule has 2 N–H and O–H groups in total. The van der Waals surface area contributed by atoms with Gasteiger partial charge in [-0.3, -0.25) is 9.59 Å². The highest BCUT2D eigenvalue weighted by Crippen LogP contribution is 2.29. The van der Waals surface area contributed by atoms with E-state index in [2.05, 4.69) is 15.0 Å².